The lowest BCUT2D eigenvalue weighted by molar-refractivity contribution is 1.35. The molecule has 0 aromatic heterocycles. The van der Waals surface area contributed by atoms with E-state index in [1.54, 1.807) is 0 Å². The first-order chi connectivity index (χ1) is 4.33. The van der Waals surface area contributed by atoms with E-state index >= 15 is 0 Å². The quantitative estimate of drug-likeness (QED) is 0.496. The molecule has 0 nitrogen and oxygen atoms in total. The molecule has 1 aromatic rings. The average molecular weight is 169 g/mol. The van der Waals surface area contributed by atoms with Crippen LogP contribution in [0.25, 0.3) is 0 Å². The van der Waals surface area contributed by atoms with Gasteiger partial charge in [-0.2, -0.15) is 11.2 Å². The highest BCUT2D eigenvalue weighted by molar-refractivity contribution is 8.19. The maximum absolute atomic E-state index is 4.17. The molecule has 0 atom stereocenters. The van der Waals surface area contributed by atoms with Crippen LogP contribution in [0, 0.1) is 0 Å². The molecule has 45 valence electrons. The van der Waals surface area contributed by atoms with Gasteiger partial charge >= 0.3 is 0 Å². The van der Waals surface area contributed by atoms with E-state index in [9.17, 15) is 0 Å². The molecule has 0 fully saturated rings. The molecule has 0 saturated heterocycles. The Labute approximate surface area is 67.5 Å². The fourth-order valence-corrected chi connectivity index (χ4v) is 1.57. The lowest BCUT2D eigenvalue weighted by atomic mass is 10.4. The molecule has 1 aromatic carbocycles. The summed E-state index contributed by atoms with van der Waals surface area (Å²) in [5.41, 5.74) is 0. The van der Waals surface area contributed by atoms with E-state index in [2.05, 4.69) is 22.0 Å². The van der Waals surface area contributed by atoms with Crippen molar-refractivity contribution in [2.24, 2.45) is 0 Å². The molecule has 3 heteroatoms. The Morgan fingerprint density at radius 2 is 2.22 bits per heavy atom. The largest absolute Gasteiger partial charge is 0.158 e. The fraction of sp³-hybridized carbons (Fsp3) is 0. The molecule has 0 heterocycles. The summed E-state index contributed by atoms with van der Waals surface area (Å²) in [5.74, 6) is 0. The van der Waals surface area contributed by atoms with Crippen molar-refractivity contribution >= 4 is 33.2 Å². The van der Waals surface area contributed by atoms with Crippen molar-refractivity contribution in [1.29, 1.82) is 0 Å². The summed E-state index contributed by atoms with van der Waals surface area (Å²) >= 11 is 5.71. The monoisotopic (exact) mass is 169 g/mol. The van der Waals surface area contributed by atoms with Crippen molar-refractivity contribution in [3.05, 3.63) is 24.3 Å². The number of hydrogen-bond donors (Lipinski definition) is 1. The van der Waals surface area contributed by atoms with Crippen molar-refractivity contribution < 1.29 is 0 Å². The Morgan fingerprint density at radius 3 is 2.67 bits per heavy atom. The second-order valence-corrected chi connectivity index (χ2v) is 3.40. The van der Waals surface area contributed by atoms with E-state index in [-0.39, 0.29) is 0 Å². The molecule has 0 aliphatic rings. The zero-order valence-electron chi connectivity index (χ0n) is 4.66. The lowest BCUT2D eigenvalue weighted by Gasteiger charge is -1.94. The van der Waals surface area contributed by atoms with E-state index in [1.807, 2.05) is 24.3 Å². The predicted octanol–water partition coefficient (Wildman–Crippen LogP) is 2.15. The first kappa shape index (κ1) is 7.25. The van der Waals surface area contributed by atoms with Crippen LogP contribution in [0.5, 0.6) is 0 Å². The van der Waals surface area contributed by atoms with Gasteiger partial charge in [0.25, 0.3) is 0 Å². The highest BCUT2D eigenvalue weighted by Crippen LogP contribution is 2.16. The van der Waals surface area contributed by atoms with Crippen molar-refractivity contribution in [3.63, 3.8) is 0 Å². The first-order valence-electron chi connectivity index (χ1n) is 2.45. The van der Waals surface area contributed by atoms with Gasteiger partial charge in [-0.1, -0.05) is 6.07 Å². The molecule has 0 amide bonds. The number of rotatable bonds is 1. The summed E-state index contributed by atoms with van der Waals surface area (Å²) in [4.78, 5) is 2.18. The molecule has 1 rings (SSSR count). The highest BCUT2D eigenvalue weighted by Gasteiger charge is 1.87. The average Bonchev–Trinajstić information content (AvgIpc) is 1.88. The summed E-state index contributed by atoms with van der Waals surface area (Å²) in [6, 6.07) is 7.96. The molecular formula is C6H5S2Si. The summed E-state index contributed by atoms with van der Waals surface area (Å²) in [7, 11) is 3.32. The van der Waals surface area contributed by atoms with Gasteiger partial charge < -0.3 is 0 Å². The van der Waals surface area contributed by atoms with Crippen molar-refractivity contribution in [3.8, 4) is 0 Å². The summed E-state index contributed by atoms with van der Waals surface area (Å²) in [6.07, 6.45) is 0. The van der Waals surface area contributed by atoms with Crippen LogP contribution in [0.3, 0.4) is 0 Å². The van der Waals surface area contributed by atoms with E-state index < -0.39 is 0 Å². The van der Waals surface area contributed by atoms with Gasteiger partial charge in [0, 0.05) is 9.79 Å². The predicted molar refractivity (Wildman–Crippen MR) is 45.3 cm³/mol. The molecule has 0 N–H and O–H groups in total. The van der Waals surface area contributed by atoms with Gasteiger partial charge in [-0.05, 0) is 18.2 Å². The van der Waals surface area contributed by atoms with Crippen LogP contribution in [0.15, 0.2) is 34.1 Å². The minimum atomic E-state index is 0.998. The molecule has 3 radical (unpaired) electrons. The fourth-order valence-electron chi connectivity index (χ4n) is 0.547. The summed E-state index contributed by atoms with van der Waals surface area (Å²) in [6.45, 7) is 0. The van der Waals surface area contributed by atoms with Gasteiger partial charge in [0.15, 0.2) is 0 Å². The molecule has 0 bridgehead atoms. The number of benzene rings is 1. The number of thiol groups is 1. The smallest absolute Gasteiger partial charge is 0.127 e. The second-order valence-electron chi connectivity index (χ2n) is 1.60. The van der Waals surface area contributed by atoms with E-state index in [1.165, 1.54) is 16.1 Å². The Kier molecular flexibility index (Phi) is 2.69. The molecule has 0 spiro atoms. The third kappa shape index (κ3) is 2.08. The summed E-state index contributed by atoms with van der Waals surface area (Å²) < 4.78 is 0. The van der Waals surface area contributed by atoms with Crippen molar-refractivity contribution in [2.45, 2.75) is 9.79 Å². The van der Waals surface area contributed by atoms with Crippen LogP contribution < -0.4 is 0 Å². The van der Waals surface area contributed by atoms with Crippen LogP contribution >= 0.6 is 23.8 Å². The van der Waals surface area contributed by atoms with Gasteiger partial charge in [-0.3, -0.25) is 0 Å². The first-order valence-corrected chi connectivity index (χ1v) is 4.94. The third-order valence-electron chi connectivity index (χ3n) is 0.935. The van der Waals surface area contributed by atoms with Crippen molar-refractivity contribution in [1.82, 2.24) is 0 Å². The summed E-state index contributed by atoms with van der Waals surface area (Å²) in [5, 5.41) is 0. The van der Waals surface area contributed by atoms with Gasteiger partial charge in [-0.25, -0.2) is 0 Å². The zero-order chi connectivity index (χ0) is 6.69. The SMILES string of the molecule is [Si]Sc1cccc(S)c1. The lowest BCUT2D eigenvalue weighted by Crippen LogP contribution is -1.68. The standard InChI is InChI=1S/C6H5S2Si/c7-5-2-1-3-6(4-5)8-9/h1-4,7H. The van der Waals surface area contributed by atoms with Gasteiger partial charge in [0.2, 0.25) is 0 Å². The molecule has 0 aliphatic carbocycles. The topological polar surface area (TPSA) is 0 Å². The number of hydrogen-bond acceptors (Lipinski definition) is 2. The van der Waals surface area contributed by atoms with Gasteiger partial charge in [0.1, 0.15) is 9.39 Å². The second kappa shape index (κ2) is 3.34. The van der Waals surface area contributed by atoms with Crippen molar-refractivity contribution in [2.75, 3.05) is 0 Å². The Morgan fingerprint density at radius 1 is 1.44 bits per heavy atom. The van der Waals surface area contributed by atoms with Gasteiger partial charge in [0.05, 0.1) is 0 Å². The molecule has 9 heavy (non-hydrogen) atoms. The zero-order valence-corrected chi connectivity index (χ0v) is 7.38. The maximum Gasteiger partial charge on any atom is 0.127 e. The van der Waals surface area contributed by atoms with Gasteiger partial charge in [-0.15, -0.1) is 12.6 Å². The minimum Gasteiger partial charge on any atom is -0.158 e. The Bertz CT molecular complexity index is 200. The normalized spacial score (nSPS) is 9.56. The maximum atomic E-state index is 4.17. The molecule has 0 unspecified atom stereocenters. The molecule has 0 saturated carbocycles. The van der Waals surface area contributed by atoms with Crippen LogP contribution in [0.1, 0.15) is 0 Å². The Balaban J connectivity index is 2.94. The molecule has 0 aliphatic heterocycles. The molecular weight excluding hydrogens is 164 g/mol. The van der Waals surface area contributed by atoms with E-state index in [0.717, 1.165) is 4.90 Å². The van der Waals surface area contributed by atoms with Crippen LogP contribution in [0.2, 0.25) is 0 Å². The van der Waals surface area contributed by atoms with E-state index in [0.29, 0.717) is 0 Å². The van der Waals surface area contributed by atoms with Crippen LogP contribution in [-0.4, -0.2) is 9.39 Å². The van der Waals surface area contributed by atoms with Crippen LogP contribution in [-0.2, 0) is 0 Å². The van der Waals surface area contributed by atoms with E-state index in [4.69, 9.17) is 0 Å². The Hall–Kier alpha value is 0.137. The highest BCUT2D eigenvalue weighted by atomic mass is 32.4. The minimum absolute atomic E-state index is 0.998. The van der Waals surface area contributed by atoms with Crippen LogP contribution in [0.4, 0.5) is 0 Å². The third-order valence-corrected chi connectivity index (χ3v) is 2.41.